The first kappa shape index (κ1) is 21.3. The minimum atomic E-state index is -0.440. The van der Waals surface area contributed by atoms with Gasteiger partial charge in [0.1, 0.15) is 5.75 Å². The molecule has 0 fully saturated rings. The Kier molecular flexibility index (Phi) is 6.00. The van der Waals surface area contributed by atoms with Gasteiger partial charge in [-0.3, -0.25) is 9.59 Å². The van der Waals surface area contributed by atoms with Crippen LogP contribution in [0.5, 0.6) is 17.2 Å². The van der Waals surface area contributed by atoms with Gasteiger partial charge in [-0.25, -0.2) is 0 Å². The first-order chi connectivity index (χ1) is 15.5. The summed E-state index contributed by atoms with van der Waals surface area (Å²) in [6, 6.07) is 12.6. The number of hydrogen-bond acceptors (Lipinski definition) is 8. The zero-order valence-corrected chi connectivity index (χ0v) is 18.4. The van der Waals surface area contributed by atoms with Gasteiger partial charge < -0.3 is 14.2 Å². The van der Waals surface area contributed by atoms with Crippen molar-refractivity contribution in [2.45, 2.75) is 6.92 Å². The van der Waals surface area contributed by atoms with Crippen LogP contribution < -0.4 is 24.3 Å². The van der Waals surface area contributed by atoms with Crippen molar-refractivity contribution < 1.29 is 19.0 Å². The average Bonchev–Trinajstić information content (AvgIpc) is 3.32. The number of carbonyl (C=O) groups excluding carboxylic acids is 1. The van der Waals surface area contributed by atoms with Crippen molar-refractivity contribution in [3.63, 3.8) is 0 Å². The van der Waals surface area contributed by atoms with Crippen LogP contribution in [0.4, 0.5) is 0 Å². The molecule has 0 saturated heterocycles. The van der Waals surface area contributed by atoms with Crippen LogP contribution in [0, 0.1) is 0 Å². The molecule has 0 spiro atoms. The Balaban J connectivity index is 1.61. The molecule has 8 nitrogen and oxygen atoms in total. The maximum atomic E-state index is 12.8. The topological polar surface area (TPSA) is 92.0 Å². The van der Waals surface area contributed by atoms with Gasteiger partial charge in [-0.2, -0.15) is 9.50 Å². The highest BCUT2D eigenvalue weighted by Gasteiger charge is 2.11. The van der Waals surface area contributed by atoms with E-state index in [1.165, 1.54) is 29.9 Å². The summed E-state index contributed by atoms with van der Waals surface area (Å²) in [5.41, 5.74) is 1.43. The second-order valence-electron chi connectivity index (χ2n) is 6.69. The summed E-state index contributed by atoms with van der Waals surface area (Å²) in [5, 5.41) is 4.29. The fourth-order valence-corrected chi connectivity index (χ4v) is 3.88. The molecule has 32 heavy (non-hydrogen) atoms. The summed E-state index contributed by atoms with van der Waals surface area (Å²) in [6.45, 7) is 1.32. The van der Waals surface area contributed by atoms with E-state index in [4.69, 9.17) is 14.2 Å². The Morgan fingerprint density at radius 3 is 2.41 bits per heavy atom. The fourth-order valence-electron chi connectivity index (χ4n) is 2.97. The Bertz CT molecular complexity index is 1420. The maximum absolute atomic E-state index is 12.8. The summed E-state index contributed by atoms with van der Waals surface area (Å²) in [7, 11) is 3.10. The Hall–Kier alpha value is -3.98. The minimum absolute atomic E-state index is 0.260. The molecule has 0 bridgehead atoms. The normalized spacial score (nSPS) is 11.9. The van der Waals surface area contributed by atoms with Crippen molar-refractivity contribution in [3.8, 4) is 17.2 Å². The van der Waals surface area contributed by atoms with Crippen molar-refractivity contribution in [2.24, 2.45) is 0 Å². The van der Waals surface area contributed by atoms with Crippen molar-refractivity contribution in [1.82, 2.24) is 14.6 Å². The van der Waals surface area contributed by atoms with Crippen molar-refractivity contribution >= 4 is 40.5 Å². The monoisotopic (exact) mass is 449 g/mol. The smallest absolute Gasteiger partial charge is 0.308 e. The highest BCUT2D eigenvalue weighted by Crippen LogP contribution is 2.28. The van der Waals surface area contributed by atoms with Gasteiger partial charge in [-0.1, -0.05) is 35.6 Å². The molecule has 0 amide bonds. The van der Waals surface area contributed by atoms with Crippen LogP contribution in [0.3, 0.4) is 0 Å². The van der Waals surface area contributed by atoms with E-state index >= 15 is 0 Å². The molecule has 4 rings (SSSR count). The summed E-state index contributed by atoms with van der Waals surface area (Å²) in [5.74, 6) is 1.50. The number of nitrogens with zero attached hydrogens (tertiary/aromatic N) is 3. The second-order valence-corrected chi connectivity index (χ2v) is 7.70. The van der Waals surface area contributed by atoms with Crippen LogP contribution in [0.1, 0.15) is 23.9 Å². The zero-order chi connectivity index (χ0) is 22.7. The maximum Gasteiger partial charge on any atom is 0.308 e. The SMILES string of the molecule is COc1ccc(C=Cc2nc3sc(=Cc4ccc(OC(C)=O)c(OC)c4)c(=O)n3n2)cc1. The number of benzene rings is 2. The lowest BCUT2D eigenvalue weighted by atomic mass is 10.2. The molecule has 0 radical (unpaired) electrons. The summed E-state index contributed by atoms with van der Waals surface area (Å²) in [6.07, 6.45) is 5.34. The molecule has 162 valence electrons. The number of fused-ring (bicyclic) bond motifs is 1. The minimum Gasteiger partial charge on any atom is -0.497 e. The third-order valence-corrected chi connectivity index (χ3v) is 5.44. The van der Waals surface area contributed by atoms with Crippen LogP contribution in [0.15, 0.2) is 47.3 Å². The highest BCUT2D eigenvalue weighted by molar-refractivity contribution is 7.15. The van der Waals surface area contributed by atoms with Crippen LogP contribution in [0.25, 0.3) is 23.2 Å². The van der Waals surface area contributed by atoms with Crippen LogP contribution in [-0.4, -0.2) is 34.8 Å². The number of aromatic nitrogens is 3. The van der Waals surface area contributed by atoms with Crippen molar-refractivity contribution in [2.75, 3.05) is 14.2 Å². The number of hydrogen-bond donors (Lipinski definition) is 0. The molecule has 2 aromatic carbocycles. The molecular formula is C23H19N3O5S. The van der Waals surface area contributed by atoms with Crippen LogP contribution in [0.2, 0.25) is 0 Å². The number of carbonyl (C=O) groups is 1. The van der Waals surface area contributed by atoms with Gasteiger partial charge in [-0.15, -0.1) is 5.10 Å². The molecule has 0 aliphatic rings. The third kappa shape index (κ3) is 4.52. The van der Waals surface area contributed by atoms with E-state index < -0.39 is 5.97 Å². The van der Waals surface area contributed by atoms with E-state index in [1.54, 1.807) is 37.5 Å². The molecule has 0 saturated carbocycles. The van der Waals surface area contributed by atoms with Gasteiger partial charge in [0, 0.05) is 6.92 Å². The van der Waals surface area contributed by atoms with Crippen molar-refractivity contribution in [1.29, 1.82) is 0 Å². The van der Waals surface area contributed by atoms with Gasteiger partial charge >= 0.3 is 5.97 Å². The Labute approximate surface area is 187 Å². The van der Waals surface area contributed by atoms with Gasteiger partial charge in [0.25, 0.3) is 5.56 Å². The molecule has 0 unspecified atom stereocenters. The first-order valence-electron chi connectivity index (χ1n) is 9.56. The van der Waals surface area contributed by atoms with Crippen LogP contribution >= 0.6 is 11.3 Å². The average molecular weight is 449 g/mol. The summed E-state index contributed by atoms with van der Waals surface area (Å²) in [4.78, 5) is 28.9. The standard InChI is InChI=1S/C23H19N3O5S/c1-14(27)31-18-10-6-16(12-19(18)30-3)13-20-22(28)26-23(32-20)24-21(25-26)11-7-15-4-8-17(29-2)9-5-15/h4-13H,1-3H3. The quantitative estimate of drug-likeness (QED) is 0.330. The van der Waals surface area contributed by atoms with Crippen molar-refractivity contribution in [3.05, 3.63) is 74.3 Å². The van der Waals surface area contributed by atoms with Gasteiger partial charge in [-0.05, 0) is 47.5 Å². The molecular weight excluding hydrogens is 430 g/mol. The highest BCUT2D eigenvalue weighted by atomic mass is 32.1. The van der Waals surface area contributed by atoms with Gasteiger partial charge in [0.15, 0.2) is 17.3 Å². The largest absolute Gasteiger partial charge is 0.497 e. The molecule has 9 heteroatoms. The van der Waals surface area contributed by atoms with Gasteiger partial charge in [0.05, 0.1) is 18.8 Å². The predicted octanol–water partition coefficient (Wildman–Crippen LogP) is 2.81. The zero-order valence-electron chi connectivity index (χ0n) is 17.6. The number of methoxy groups -OCH3 is 2. The molecule has 2 heterocycles. The number of esters is 1. The van der Waals surface area contributed by atoms with E-state index in [-0.39, 0.29) is 5.56 Å². The number of thiazole rings is 1. The molecule has 0 aliphatic heterocycles. The van der Waals surface area contributed by atoms with E-state index in [0.717, 1.165) is 16.9 Å². The van der Waals surface area contributed by atoms with E-state index in [0.29, 0.717) is 26.8 Å². The first-order valence-corrected chi connectivity index (χ1v) is 10.4. The fraction of sp³-hybridized carbons (Fsp3) is 0.130. The Morgan fingerprint density at radius 1 is 1.00 bits per heavy atom. The summed E-state index contributed by atoms with van der Waals surface area (Å²) < 4.78 is 17.3. The molecule has 0 aliphatic carbocycles. The molecule has 4 aromatic rings. The number of rotatable bonds is 6. The van der Waals surface area contributed by atoms with E-state index in [9.17, 15) is 9.59 Å². The molecule has 2 aromatic heterocycles. The van der Waals surface area contributed by atoms with E-state index in [2.05, 4.69) is 10.1 Å². The lowest BCUT2D eigenvalue weighted by molar-refractivity contribution is -0.132. The number of ether oxygens (including phenoxy) is 3. The molecule has 0 atom stereocenters. The van der Waals surface area contributed by atoms with E-state index in [1.807, 2.05) is 30.3 Å². The predicted molar refractivity (Wildman–Crippen MR) is 122 cm³/mol. The van der Waals surface area contributed by atoms with Crippen LogP contribution in [-0.2, 0) is 4.79 Å². The van der Waals surface area contributed by atoms with Gasteiger partial charge in [0.2, 0.25) is 4.96 Å². The Morgan fingerprint density at radius 2 is 1.75 bits per heavy atom. The molecule has 0 N–H and O–H groups in total. The summed E-state index contributed by atoms with van der Waals surface area (Å²) >= 11 is 1.24. The lowest BCUT2D eigenvalue weighted by Gasteiger charge is -2.08. The second kappa shape index (κ2) is 9.03. The lowest BCUT2D eigenvalue weighted by Crippen LogP contribution is -2.23. The third-order valence-electron chi connectivity index (χ3n) is 4.48.